The average Bonchev–Trinajstić information content (AvgIpc) is 2.97. The highest BCUT2D eigenvalue weighted by atomic mass is 32.2. The third kappa shape index (κ3) is 3.60. The van der Waals surface area contributed by atoms with E-state index in [0.717, 1.165) is 29.0 Å². The molecule has 0 aliphatic rings. The van der Waals surface area contributed by atoms with Crippen molar-refractivity contribution in [2.24, 2.45) is 0 Å². The fraction of sp³-hybridized carbons (Fsp3) is 0.545. The average molecular weight is 299 g/mol. The number of thiazole rings is 1. The number of nitrogens with one attached hydrogen (secondary N) is 2. The lowest BCUT2D eigenvalue weighted by Crippen LogP contribution is -2.17. The Bertz CT molecular complexity index is 574. The van der Waals surface area contributed by atoms with Gasteiger partial charge >= 0.3 is 5.69 Å². The van der Waals surface area contributed by atoms with Crippen LogP contribution in [0.3, 0.4) is 0 Å². The summed E-state index contributed by atoms with van der Waals surface area (Å²) in [6.07, 6.45) is 2.78. The summed E-state index contributed by atoms with van der Waals surface area (Å²) in [5.41, 5.74) is -0.137. The smallest absolute Gasteiger partial charge is 0.343 e. The molecule has 2 heterocycles. The molecule has 0 aromatic carbocycles. The Morgan fingerprint density at radius 1 is 1.53 bits per heavy atom. The van der Waals surface area contributed by atoms with Gasteiger partial charge in [0.2, 0.25) is 0 Å². The van der Waals surface area contributed by atoms with Crippen molar-refractivity contribution in [3.05, 3.63) is 21.6 Å². The Hall–Kier alpha value is -1.28. The molecule has 8 heteroatoms. The lowest BCUT2D eigenvalue weighted by atomic mass is 10.5. The van der Waals surface area contributed by atoms with Gasteiger partial charge in [-0.15, -0.1) is 16.4 Å². The molecule has 2 aromatic heterocycles. The Morgan fingerprint density at radius 2 is 2.37 bits per heavy atom. The van der Waals surface area contributed by atoms with Crippen molar-refractivity contribution in [1.82, 2.24) is 19.7 Å². The van der Waals surface area contributed by atoms with Crippen molar-refractivity contribution < 1.29 is 0 Å². The van der Waals surface area contributed by atoms with E-state index in [1.54, 1.807) is 27.7 Å². The Morgan fingerprint density at radius 3 is 3.11 bits per heavy atom. The third-order valence-corrected chi connectivity index (χ3v) is 4.56. The molecule has 0 radical (unpaired) electrons. The van der Waals surface area contributed by atoms with Gasteiger partial charge in [-0.05, 0) is 13.3 Å². The molecule has 2 aromatic rings. The first-order chi connectivity index (χ1) is 9.24. The van der Waals surface area contributed by atoms with Crippen molar-refractivity contribution in [3.8, 4) is 0 Å². The molecule has 104 valence electrons. The molecule has 0 unspecified atom stereocenters. The van der Waals surface area contributed by atoms with Crippen LogP contribution in [0, 0.1) is 0 Å². The summed E-state index contributed by atoms with van der Waals surface area (Å²) in [5, 5.41) is 11.4. The van der Waals surface area contributed by atoms with E-state index in [0.29, 0.717) is 6.54 Å². The van der Waals surface area contributed by atoms with Gasteiger partial charge in [0.05, 0.1) is 0 Å². The number of hydrogen-bond acceptors (Lipinski definition) is 6. The summed E-state index contributed by atoms with van der Waals surface area (Å²) in [4.78, 5) is 17.0. The van der Waals surface area contributed by atoms with Crippen LogP contribution in [0.1, 0.15) is 25.1 Å². The van der Waals surface area contributed by atoms with E-state index in [2.05, 4.69) is 20.5 Å². The lowest BCUT2D eigenvalue weighted by Gasteiger charge is -2.01. The largest absolute Gasteiger partial charge is 0.362 e. The highest BCUT2D eigenvalue weighted by Crippen LogP contribution is 2.25. The summed E-state index contributed by atoms with van der Waals surface area (Å²) in [6.45, 7) is 5.65. The van der Waals surface area contributed by atoms with E-state index in [1.807, 2.05) is 20.0 Å². The normalized spacial score (nSPS) is 10.8. The molecular weight excluding hydrogens is 282 g/mol. The van der Waals surface area contributed by atoms with E-state index in [4.69, 9.17) is 0 Å². The SMILES string of the molecule is CCCn1c(SCc2cnc(NCC)s2)n[nH]c1=O. The molecule has 0 saturated carbocycles. The quantitative estimate of drug-likeness (QED) is 0.766. The predicted octanol–water partition coefficient (Wildman–Crippen LogP) is 2.16. The summed E-state index contributed by atoms with van der Waals surface area (Å²) in [7, 11) is 0. The zero-order valence-corrected chi connectivity index (χ0v) is 12.6. The fourth-order valence-corrected chi connectivity index (χ4v) is 3.45. The van der Waals surface area contributed by atoms with Crippen molar-refractivity contribution >= 4 is 28.2 Å². The summed E-state index contributed by atoms with van der Waals surface area (Å²) in [6, 6.07) is 0. The van der Waals surface area contributed by atoms with Crippen LogP contribution in [-0.2, 0) is 12.3 Å². The highest BCUT2D eigenvalue weighted by molar-refractivity contribution is 7.98. The topological polar surface area (TPSA) is 75.6 Å². The summed E-state index contributed by atoms with van der Waals surface area (Å²) in [5.74, 6) is 0.775. The molecule has 6 nitrogen and oxygen atoms in total. The minimum absolute atomic E-state index is 0.137. The molecule has 0 aliphatic carbocycles. The van der Waals surface area contributed by atoms with E-state index in [1.165, 1.54) is 4.88 Å². The van der Waals surface area contributed by atoms with Gasteiger partial charge in [-0.3, -0.25) is 4.57 Å². The fourth-order valence-electron chi connectivity index (χ4n) is 1.58. The Labute approximate surface area is 119 Å². The highest BCUT2D eigenvalue weighted by Gasteiger charge is 2.09. The van der Waals surface area contributed by atoms with Crippen LogP contribution >= 0.6 is 23.1 Å². The van der Waals surface area contributed by atoms with Gasteiger partial charge in [-0.25, -0.2) is 14.9 Å². The summed E-state index contributed by atoms with van der Waals surface area (Å²) >= 11 is 3.19. The van der Waals surface area contributed by atoms with Gasteiger partial charge in [0.25, 0.3) is 0 Å². The molecule has 0 bridgehead atoms. The van der Waals surface area contributed by atoms with Crippen LogP contribution in [-0.4, -0.2) is 26.3 Å². The number of aromatic amines is 1. The number of anilines is 1. The van der Waals surface area contributed by atoms with Gasteiger partial charge in [-0.1, -0.05) is 18.7 Å². The van der Waals surface area contributed by atoms with E-state index < -0.39 is 0 Å². The van der Waals surface area contributed by atoms with Crippen LogP contribution in [0.2, 0.25) is 0 Å². The molecule has 0 spiro atoms. The van der Waals surface area contributed by atoms with Crippen molar-refractivity contribution in [2.75, 3.05) is 11.9 Å². The molecule has 0 atom stereocenters. The van der Waals surface area contributed by atoms with Crippen LogP contribution < -0.4 is 11.0 Å². The van der Waals surface area contributed by atoms with Gasteiger partial charge in [0, 0.05) is 29.9 Å². The Balaban J connectivity index is 1.99. The number of rotatable bonds is 7. The molecule has 0 aliphatic heterocycles. The second kappa shape index (κ2) is 6.76. The maximum atomic E-state index is 11.5. The maximum Gasteiger partial charge on any atom is 0.343 e. The molecule has 19 heavy (non-hydrogen) atoms. The van der Waals surface area contributed by atoms with Gasteiger partial charge in [0.1, 0.15) is 0 Å². The Kier molecular flexibility index (Phi) is 5.03. The van der Waals surface area contributed by atoms with Crippen molar-refractivity contribution in [1.29, 1.82) is 0 Å². The van der Waals surface area contributed by atoms with Gasteiger partial charge in [-0.2, -0.15) is 0 Å². The number of H-pyrrole nitrogens is 1. The van der Waals surface area contributed by atoms with Gasteiger partial charge < -0.3 is 5.32 Å². The second-order valence-electron chi connectivity index (χ2n) is 3.91. The van der Waals surface area contributed by atoms with E-state index in [-0.39, 0.29) is 5.69 Å². The number of hydrogen-bond donors (Lipinski definition) is 2. The van der Waals surface area contributed by atoms with Crippen molar-refractivity contribution in [2.45, 2.75) is 37.7 Å². The van der Waals surface area contributed by atoms with E-state index >= 15 is 0 Å². The first-order valence-electron chi connectivity index (χ1n) is 6.21. The minimum Gasteiger partial charge on any atom is -0.362 e. The number of nitrogens with zero attached hydrogens (tertiary/aromatic N) is 3. The minimum atomic E-state index is -0.137. The number of thioether (sulfide) groups is 1. The van der Waals surface area contributed by atoms with E-state index in [9.17, 15) is 4.79 Å². The molecule has 0 fully saturated rings. The van der Waals surface area contributed by atoms with Gasteiger partial charge in [0.15, 0.2) is 10.3 Å². The standard InChI is InChI=1S/C11H17N5OS2/c1-3-5-16-10(17)14-15-11(16)18-7-8-6-13-9(19-8)12-4-2/h6H,3-5,7H2,1-2H3,(H,12,13)(H,14,17). The van der Waals surface area contributed by atoms with Crippen LogP contribution in [0.5, 0.6) is 0 Å². The van der Waals surface area contributed by atoms with Crippen LogP contribution in [0.15, 0.2) is 16.1 Å². The molecular formula is C11H17N5OS2. The lowest BCUT2D eigenvalue weighted by molar-refractivity contribution is 0.604. The van der Waals surface area contributed by atoms with Crippen LogP contribution in [0.25, 0.3) is 0 Å². The molecule has 0 saturated heterocycles. The molecule has 2 rings (SSSR count). The number of aromatic nitrogens is 4. The first kappa shape index (κ1) is 14.1. The molecule has 2 N–H and O–H groups in total. The zero-order chi connectivity index (χ0) is 13.7. The first-order valence-corrected chi connectivity index (χ1v) is 8.01. The molecule has 0 amide bonds. The predicted molar refractivity (Wildman–Crippen MR) is 79.0 cm³/mol. The third-order valence-electron chi connectivity index (χ3n) is 2.40. The summed E-state index contributed by atoms with van der Waals surface area (Å²) < 4.78 is 1.68. The van der Waals surface area contributed by atoms with Crippen LogP contribution in [0.4, 0.5) is 5.13 Å². The zero-order valence-electron chi connectivity index (χ0n) is 11.0. The maximum absolute atomic E-state index is 11.5. The monoisotopic (exact) mass is 299 g/mol. The second-order valence-corrected chi connectivity index (χ2v) is 5.97. The van der Waals surface area contributed by atoms with Crippen molar-refractivity contribution in [3.63, 3.8) is 0 Å².